The molecule has 5 heteroatoms. The molecule has 4 rings (SSSR count). The van der Waals surface area contributed by atoms with Gasteiger partial charge in [0.15, 0.2) is 0 Å². The molecule has 0 aliphatic carbocycles. The highest BCUT2D eigenvalue weighted by Crippen LogP contribution is 2.31. The van der Waals surface area contributed by atoms with Gasteiger partial charge < -0.3 is 10.1 Å². The molecule has 0 bridgehead atoms. The van der Waals surface area contributed by atoms with E-state index in [-0.39, 0.29) is 6.10 Å². The van der Waals surface area contributed by atoms with Crippen LogP contribution in [0.3, 0.4) is 0 Å². The number of fused-ring (bicyclic) bond motifs is 1. The summed E-state index contributed by atoms with van der Waals surface area (Å²) in [6.07, 6.45) is 2.97. The third kappa shape index (κ3) is 3.14. The Bertz CT molecular complexity index is 818. The molecule has 0 radical (unpaired) electrons. The first-order valence-corrected chi connectivity index (χ1v) is 9.38. The number of nitrogens with one attached hydrogen (secondary N) is 1. The molecule has 2 aromatic heterocycles. The summed E-state index contributed by atoms with van der Waals surface area (Å²) in [5.74, 6) is 1.87. The lowest BCUT2D eigenvalue weighted by Crippen LogP contribution is -2.30. The lowest BCUT2D eigenvalue weighted by molar-refractivity contribution is 0.00976. The Morgan fingerprint density at radius 2 is 2.08 bits per heavy atom. The minimum atomic E-state index is 0.155. The van der Waals surface area contributed by atoms with Gasteiger partial charge in [-0.25, -0.2) is 9.97 Å². The number of benzene rings is 1. The maximum Gasteiger partial charge on any atom is 0.138 e. The zero-order valence-electron chi connectivity index (χ0n) is 13.7. The summed E-state index contributed by atoms with van der Waals surface area (Å²) in [5, 5.41) is 6.87. The van der Waals surface area contributed by atoms with Crippen LogP contribution in [0.5, 0.6) is 0 Å². The van der Waals surface area contributed by atoms with Crippen LogP contribution in [0.4, 0.5) is 5.82 Å². The number of ether oxygens (including phenoxy) is 1. The predicted octanol–water partition coefficient (Wildman–Crippen LogP) is 4.59. The zero-order chi connectivity index (χ0) is 16.4. The minimum absolute atomic E-state index is 0.155. The average Bonchev–Trinajstić information content (AvgIpc) is 3.11. The first kappa shape index (κ1) is 15.5. The predicted molar refractivity (Wildman–Crippen MR) is 98.6 cm³/mol. The van der Waals surface area contributed by atoms with Crippen LogP contribution in [-0.2, 0) is 11.2 Å². The normalized spacial score (nSPS) is 21.0. The van der Waals surface area contributed by atoms with Crippen LogP contribution in [0.1, 0.15) is 37.3 Å². The number of nitrogens with zero attached hydrogens (tertiary/aromatic N) is 2. The molecule has 0 amide bonds. The molecule has 2 unspecified atom stereocenters. The van der Waals surface area contributed by atoms with E-state index >= 15 is 0 Å². The van der Waals surface area contributed by atoms with Crippen LogP contribution in [0, 0.1) is 0 Å². The summed E-state index contributed by atoms with van der Waals surface area (Å²) in [5.41, 5.74) is 1.25. The van der Waals surface area contributed by atoms with E-state index < -0.39 is 0 Å². The second-order valence-electron chi connectivity index (χ2n) is 6.12. The second-order valence-corrected chi connectivity index (χ2v) is 7.01. The largest absolute Gasteiger partial charge is 0.373 e. The van der Waals surface area contributed by atoms with Crippen LogP contribution in [-0.4, -0.2) is 22.6 Å². The Morgan fingerprint density at radius 3 is 2.92 bits per heavy atom. The van der Waals surface area contributed by atoms with Crippen LogP contribution in [0.15, 0.2) is 41.8 Å². The van der Waals surface area contributed by atoms with Crippen LogP contribution in [0.2, 0.25) is 0 Å². The molecule has 3 aromatic rings. The van der Waals surface area contributed by atoms with Gasteiger partial charge in [0.05, 0.1) is 11.5 Å². The molecule has 1 aromatic carbocycles. The number of hydrogen-bond donors (Lipinski definition) is 1. The summed E-state index contributed by atoms with van der Waals surface area (Å²) in [7, 11) is 0. The van der Waals surface area contributed by atoms with Crippen molar-refractivity contribution in [2.45, 2.75) is 38.3 Å². The maximum absolute atomic E-state index is 5.98. The van der Waals surface area contributed by atoms with Gasteiger partial charge in [0.25, 0.3) is 0 Å². The van der Waals surface area contributed by atoms with Crippen molar-refractivity contribution in [2.75, 3.05) is 11.9 Å². The zero-order valence-corrected chi connectivity index (χ0v) is 14.6. The Morgan fingerprint density at radius 1 is 1.21 bits per heavy atom. The van der Waals surface area contributed by atoms with Gasteiger partial charge in [0.1, 0.15) is 16.5 Å². The molecule has 1 aliphatic heterocycles. The van der Waals surface area contributed by atoms with Gasteiger partial charge in [0, 0.05) is 19.1 Å². The van der Waals surface area contributed by atoms with E-state index in [1.165, 1.54) is 5.56 Å². The minimum Gasteiger partial charge on any atom is -0.373 e. The van der Waals surface area contributed by atoms with Crippen molar-refractivity contribution in [3.63, 3.8) is 0 Å². The van der Waals surface area contributed by atoms with E-state index in [2.05, 4.69) is 52.9 Å². The fraction of sp³-hybridized carbons (Fsp3) is 0.368. The molecule has 2 atom stereocenters. The van der Waals surface area contributed by atoms with Crippen molar-refractivity contribution in [2.24, 2.45) is 0 Å². The Hall–Kier alpha value is -1.98. The molecule has 1 aliphatic rings. The fourth-order valence-corrected chi connectivity index (χ4v) is 3.97. The van der Waals surface area contributed by atoms with Gasteiger partial charge in [0.2, 0.25) is 0 Å². The smallest absolute Gasteiger partial charge is 0.138 e. The van der Waals surface area contributed by atoms with E-state index in [4.69, 9.17) is 9.72 Å². The summed E-state index contributed by atoms with van der Waals surface area (Å²) < 4.78 is 5.98. The number of aromatic nitrogens is 2. The van der Waals surface area contributed by atoms with Crippen molar-refractivity contribution in [1.82, 2.24) is 9.97 Å². The molecule has 1 fully saturated rings. The topological polar surface area (TPSA) is 47.0 Å². The second kappa shape index (κ2) is 6.87. The number of rotatable bonds is 4. The first-order chi connectivity index (χ1) is 11.8. The Balaban J connectivity index is 1.56. The number of thiophene rings is 1. The Labute approximate surface area is 145 Å². The summed E-state index contributed by atoms with van der Waals surface area (Å²) in [4.78, 5) is 10.4. The van der Waals surface area contributed by atoms with Gasteiger partial charge in [-0.2, -0.15) is 0 Å². The van der Waals surface area contributed by atoms with Crippen molar-refractivity contribution in [3.05, 3.63) is 53.2 Å². The van der Waals surface area contributed by atoms with Crippen molar-refractivity contribution in [1.29, 1.82) is 0 Å². The van der Waals surface area contributed by atoms with Gasteiger partial charge in [-0.3, -0.25) is 0 Å². The number of anilines is 1. The van der Waals surface area contributed by atoms with Crippen molar-refractivity contribution < 1.29 is 4.74 Å². The highest BCUT2D eigenvalue weighted by molar-refractivity contribution is 7.16. The monoisotopic (exact) mass is 339 g/mol. The summed E-state index contributed by atoms with van der Waals surface area (Å²) in [6, 6.07) is 12.9. The number of hydrogen-bond acceptors (Lipinski definition) is 5. The van der Waals surface area contributed by atoms with Crippen molar-refractivity contribution >= 4 is 27.4 Å². The Kier molecular flexibility index (Phi) is 4.45. The maximum atomic E-state index is 5.98. The number of aryl methyl sites for hydroxylation is 1. The molecule has 3 heterocycles. The highest BCUT2D eigenvalue weighted by atomic mass is 32.1. The van der Waals surface area contributed by atoms with Crippen LogP contribution < -0.4 is 5.32 Å². The lowest BCUT2D eigenvalue weighted by Gasteiger charge is -2.31. The fourth-order valence-electron chi connectivity index (χ4n) is 3.19. The first-order valence-electron chi connectivity index (χ1n) is 8.50. The van der Waals surface area contributed by atoms with E-state index in [1.807, 2.05) is 6.07 Å². The summed E-state index contributed by atoms with van der Waals surface area (Å²) >= 11 is 1.67. The molecule has 24 heavy (non-hydrogen) atoms. The molecule has 1 saturated heterocycles. The van der Waals surface area contributed by atoms with Gasteiger partial charge >= 0.3 is 0 Å². The lowest BCUT2D eigenvalue weighted by atomic mass is 9.97. The standard InChI is InChI=1S/C19H21N3OS/c1-2-17-21-18(15-9-11-24-19(15)22-17)20-14-8-10-23-16(12-14)13-6-4-3-5-7-13/h3-7,9,11,14,16H,2,8,10,12H2,1H3,(H,20,21,22). The molecule has 0 spiro atoms. The molecular formula is C19H21N3OS. The molecular weight excluding hydrogens is 318 g/mol. The van der Waals surface area contributed by atoms with E-state index in [0.29, 0.717) is 6.04 Å². The van der Waals surface area contributed by atoms with E-state index in [0.717, 1.165) is 47.7 Å². The third-order valence-electron chi connectivity index (χ3n) is 4.48. The van der Waals surface area contributed by atoms with Gasteiger partial charge in [-0.1, -0.05) is 37.3 Å². The SMILES string of the molecule is CCc1nc(NC2CCOC(c3ccccc3)C2)c2ccsc2n1. The van der Waals surface area contributed by atoms with Crippen LogP contribution in [0.25, 0.3) is 10.2 Å². The van der Waals surface area contributed by atoms with Gasteiger partial charge in [-0.15, -0.1) is 11.3 Å². The molecule has 4 nitrogen and oxygen atoms in total. The molecule has 0 saturated carbocycles. The quantitative estimate of drug-likeness (QED) is 0.755. The third-order valence-corrected chi connectivity index (χ3v) is 5.29. The van der Waals surface area contributed by atoms with E-state index in [9.17, 15) is 0 Å². The highest BCUT2D eigenvalue weighted by Gasteiger charge is 2.24. The van der Waals surface area contributed by atoms with Crippen molar-refractivity contribution in [3.8, 4) is 0 Å². The van der Waals surface area contributed by atoms with Gasteiger partial charge in [-0.05, 0) is 29.9 Å². The van der Waals surface area contributed by atoms with E-state index in [1.54, 1.807) is 11.3 Å². The average molecular weight is 339 g/mol. The summed E-state index contributed by atoms with van der Waals surface area (Å²) in [6.45, 7) is 2.87. The molecule has 124 valence electrons. The molecule has 1 N–H and O–H groups in total. The van der Waals surface area contributed by atoms with Crippen LogP contribution >= 0.6 is 11.3 Å².